The molecule has 0 radical (unpaired) electrons. The molecule has 0 aliphatic rings. The quantitative estimate of drug-likeness (QED) is 0.160. The molecule has 8 aromatic heterocycles. The number of nitrogens with zero attached hydrogens (tertiary/aromatic N) is 8. The molecule has 0 atom stereocenters. The van der Waals surface area contributed by atoms with Gasteiger partial charge in [0.25, 0.3) is 0 Å². The Balaban J connectivity index is 0.000000130. The summed E-state index contributed by atoms with van der Waals surface area (Å²) in [5.74, 6) is 1.60. The minimum Gasteiger partial charge on any atom is -0.309 e. The van der Waals surface area contributed by atoms with Crippen molar-refractivity contribution < 1.29 is 0 Å². The fourth-order valence-electron chi connectivity index (χ4n) is 19.9. The molecule has 27 aromatic rings. The summed E-state index contributed by atoms with van der Waals surface area (Å²) in [7, 11) is 0. The number of rotatable bonds is 7. The first-order valence-electron chi connectivity index (χ1n) is 40.9. The van der Waals surface area contributed by atoms with Gasteiger partial charge in [0.05, 0.1) is 77.6 Å². The van der Waals surface area contributed by atoms with Crippen molar-refractivity contribution in [1.29, 1.82) is 0 Å². The second kappa shape index (κ2) is 25.8. The molecule has 27 rings (SSSR count). The fourth-order valence-corrected chi connectivity index (χ4v) is 21.0. The van der Waals surface area contributed by atoms with E-state index in [1.165, 1.54) is 150 Å². The lowest BCUT2D eigenvalue weighted by atomic mass is 10.0. The molecule has 0 bridgehead atoms. The Hall–Kier alpha value is -15.8. The van der Waals surface area contributed by atoms with Crippen LogP contribution >= 0.6 is 11.3 Å². The van der Waals surface area contributed by atoms with E-state index in [-0.39, 0.29) is 0 Å². The lowest BCUT2D eigenvalue weighted by molar-refractivity contribution is 1.08. The second-order valence-electron chi connectivity index (χ2n) is 31.7. The van der Waals surface area contributed by atoms with Crippen molar-refractivity contribution in [3.8, 4) is 51.2 Å². The highest BCUT2D eigenvalue weighted by atomic mass is 32.1. The molecule has 0 saturated carbocycles. The summed E-state index contributed by atoms with van der Waals surface area (Å²) in [6.45, 7) is 0. The molecule has 120 heavy (non-hydrogen) atoms. The minimum absolute atomic E-state index is 0.718. The van der Waals surface area contributed by atoms with Crippen molar-refractivity contribution in [2.75, 3.05) is 0 Å². The number of fused-ring (bicyclic) bond motifs is 26. The van der Waals surface area contributed by atoms with Crippen LogP contribution < -0.4 is 0 Å². The van der Waals surface area contributed by atoms with Crippen LogP contribution in [0.2, 0.25) is 0 Å². The smallest absolute Gasteiger partial charge is 0.162 e. The molecular weight excluding hydrogens is 1480 g/mol. The van der Waals surface area contributed by atoms with Gasteiger partial charge in [0.2, 0.25) is 0 Å². The van der Waals surface area contributed by atoms with E-state index in [1.807, 2.05) is 11.3 Å². The number of para-hydroxylation sites is 8. The van der Waals surface area contributed by atoms with Crippen molar-refractivity contribution in [2.45, 2.75) is 0 Å². The maximum absolute atomic E-state index is 5.46. The molecule has 0 unspecified atom stereocenters. The molecule has 19 aromatic carbocycles. The number of thiophene rings is 1. The third kappa shape index (κ3) is 9.96. The Morgan fingerprint density at radius 1 is 0.192 bits per heavy atom. The van der Waals surface area contributed by atoms with Gasteiger partial charge in [0, 0.05) is 113 Å². The van der Waals surface area contributed by atoms with E-state index in [4.69, 9.17) is 15.0 Å². The lowest BCUT2D eigenvalue weighted by Crippen LogP contribution is -2.02. The first-order chi connectivity index (χ1) is 59.5. The third-order valence-electron chi connectivity index (χ3n) is 25.2. The van der Waals surface area contributed by atoms with E-state index < -0.39 is 0 Å². The zero-order chi connectivity index (χ0) is 78.4. The lowest BCUT2D eigenvalue weighted by Gasteiger charge is -2.15. The maximum Gasteiger partial charge on any atom is 0.162 e. The molecule has 556 valence electrons. The van der Waals surface area contributed by atoms with Crippen LogP contribution in [0.5, 0.6) is 0 Å². The average molecular weight is 1540 g/mol. The van der Waals surface area contributed by atoms with Gasteiger partial charge in [-0.3, -0.25) is 4.57 Å². The van der Waals surface area contributed by atoms with Gasteiger partial charge in [-0.15, -0.1) is 11.3 Å². The summed E-state index contributed by atoms with van der Waals surface area (Å²) in [4.78, 5) is 16.0. The van der Waals surface area contributed by atoms with E-state index in [0.29, 0.717) is 0 Å². The van der Waals surface area contributed by atoms with Crippen LogP contribution in [-0.4, -0.2) is 37.8 Å². The van der Waals surface area contributed by atoms with Crippen molar-refractivity contribution in [3.05, 3.63) is 400 Å². The highest BCUT2D eigenvalue weighted by Gasteiger charge is 2.25. The maximum atomic E-state index is 5.46. The first kappa shape index (κ1) is 66.5. The Morgan fingerprint density at radius 3 is 1.23 bits per heavy atom. The Labute approximate surface area is 690 Å². The van der Waals surface area contributed by atoms with Gasteiger partial charge in [-0.25, -0.2) is 15.0 Å². The van der Waals surface area contributed by atoms with E-state index >= 15 is 0 Å². The second-order valence-corrected chi connectivity index (χ2v) is 32.8. The zero-order valence-electron chi connectivity index (χ0n) is 64.6. The van der Waals surface area contributed by atoms with Crippen molar-refractivity contribution in [2.24, 2.45) is 0 Å². The number of pyridine rings is 1. The van der Waals surface area contributed by atoms with Crippen molar-refractivity contribution in [1.82, 2.24) is 37.8 Å². The van der Waals surface area contributed by atoms with Crippen molar-refractivity contribution >= 4 is 205 Å². The Bertz CT molecular complexity index is 9080. The van der Waals surface area contributed by atoms with Gasteiger partial charge in [0.15, 0.2) is 5.82 Å². The van der Waals surface area contributed by atoms with Gasteiger partial charge in [0.1, 0.15) is 5.82 Å². The zero-order valence-corrected chi connectivity index (χ0v) is 65.4. The molecule has 9 heteroatoms. The summed E-state index contributed by atoms with van der Waals surface area (Å²) in [6, 6.07) is 146. The first-order valence-corrected chi connectivity index (χ1v) is 41.8. The molecule has 8 heterocycles. The molecule has 0 spiro atoms. The number of benzene rings is 19. The summed E-state index contributed by atoms with van der Waals surface area (Å²) in [6.07, 6.45) is 0. The monoisotopic (exact) mass is 1540 g/mol. The Morgan fingerprint density at radius 2 is 0.617 bits per heavy atom. The predicted octanol–water partition coefficient (Wildman–Crippen LogP) is 29.7. The number of hydrogen-bond donors (Lipinski definition) is 0. The van der Waals surface area contributed by atoms with Crippen LogP contribution in [-0.2, 0) is 0 Å². The minimum atomic E-state index is 0.718. The van der Waals surface area contributed by atoms with Gasteiger partial charge in [-0.05, 0) is 189 Å². The molecule has 8 nitrogen and oxygen atoms in total. The fraction of sp³-hybridized carbons (Fsp3) is 0. The van der Waals surface area contributed by atoms with E-state index in [1.54, 1.807) is 0 Å². The van der Waals surface area contributed by atoms with Crippen LogP contribution in [0.25, 0.3) is 245 Å². The van der Waals surface area contributed by atoms with E-state index in [2.05, 4.69) is 423 Å². The van der Waals surface area contributed by atoms with Gasteiger partial charge >= 0.3 is 0 Å². The standard InChI is InChI=1S/C59H36N4.C52H30N4S/c1-2-15-41(16-3-1)61-52-23-11-7-18-44(52)46-30-27-39(34-56(46)61)51-36-58(47-20-6-10-22-50(47)60-51)63-53-24-12-8-19-45(53)49-33-38-26-29-42(32-40(38)35-57(49)63)62-54-25-13-9-21-48(54)59-43-17-5-4-14-37(43)28-31-55(59)62;1-2-12-36-31(11-1)23-26-46-50(36)41-16-5-9-19-45(41)55(46)35-24-21-32-28-42-37-13-4-8-18-44(37)56(47(42)29-34(32)27-35)52-40-15-3-7-17-43(40)53-51(54-52)33-22-25-39-38-14-6-10-20-48(38)57-49(39)30-33/h1-36H;1-30H. The van der Waals surface area contributed by atoms with Crippen LogP contribution in [0.4, 0.5) is 0 Å². The molecule has 0 N–H and O–H groups in total. The molecule has 0 aliphatic heterocycles. The molecule has 0 fully saturated rings. The third-order valence-corrected chi connectivity index (χ3v) is 26.4. The van der Waals surface area contributed by atoms with Gasteiger partial charge < -0.3 is 18.3 Å². The van der Waals surface area contributed by atoms with Gasteiger partial charge in [-0.1, -0.05) is 255 Å². The molecular formula is C111H66N8S. The number of aromatic nitrogens is 8. The molecule has 0 amide bonds. The highest BCUT2D eigenvalue weighted by molar-refractivity contribution is 7.25. The van der Waals surface area contributed by atoms with Crippen LogP contribution in [0.1, 0.15) is 0 Å². The van der Waals surface area contributed by atoms with Crippen LogP contribution in [0.3, 0.4) is 0 Å². The molecule has 0 saturated heterocycles. The number of hydrogen-bond acceptors (Lipinski definition) is 4. The highest BCUT2D eigenvalue weighted by Crippen LogP contribution is 2.46. The van der Waals surface area contributed by atoms with Gasteiger partial charge in [-0.2, -0.15) is 0 Å². The summed E-state index contributed by atoms with van der Waals surface area (Å²) < 4.78 is 14.6. The summed E-state index contributed by atoms with van der Waals surface area (Å²) in [5, 5.41) is 26.9. The van der Waals surface area contributed by atoms with E-state index in [0.717, 1.165) is 95.1 Å². The topological polar surface area (TPSA) is 63.3 Å². The normalized spacial score (nSPS) is 12.2. The largest absolute Gasteiger partial charge is 0.309 e. The van der Waals surface area contributed by atoms with Crippen LogP contribution in [0, 0.1) is 0 Å². The SMILES string of the molecule is c1ccc(-n2c3ccccc3c3ccc(-c4cc(-n5c6ccccc6c6cc7ccc(-n8c9ccccc9c9c%10ccccc%10ccc98)cc7cc65)c5ccccc5n4)cc32)cc1.c1ccc2c(c1)ccc1c2c2ccccc2n1-c1ccc2cc3c4ccccc4n(-c4nc(-c5ccc6c(c5)sc5ccccc56)nc5ccccc45)c3cc2c1. The predicted molar refractivity (Wildman–Crippen MR) is 507 cm³/mol. The molecule has 0 aliphatic carbocycles. The van der Waals surface area contributed by atoms with Crippen molar-refractivity contribution in [3.63, 3.8) is 0 Å². The van der Waals surface area contributed by atoms with E-state index in [9.17, 15) is 0 Å². The summed E-state index contributed by atoms with van der Waals surface area (Å²) >= 11 is 1.82. The Kier molecular flexibility index (Phi) is 14.3. The van der Waals surface area contributed by atoms with Crippen LogP contribution in [0.15, 0.2) is 400 Å². The summed E-state index contributed by atoms with van der Waals surface area (Å²) in [5.41, 5.74) is 21.2. The average Bonchev–Trinajstić information content (AvgIpc) is 1.57.